The number of aromatic nitrogens is 1. The van der Waals surface area contributed by atoms with E-state index in [4.69, 9.17) is 0 Å². The highest BCUT2D eigenvalue weighted by Gasteiger charge is 2.23. The van der Waals surface area contributed by atoms with Gasteiger partial charge in [0.15, 0.2) is 0 Å². The van der Waals surface area contributed by atoms with Crippen LogP contribution in [0.25, 0.3) is 0 Å². The second kappa shape index (κ2) is 6.87. The Hall–Kier alpha value is -1.13. The first kappa shape index (κ1) is 14.3. The van der Waals surface area contributed by atoms with E-state index < -0.39 is 0 Å². The highest BCUT2D eigenvalue weighted by Crippen LogP contribution is 2.22. The van der Waals surface area contributed by atoms with Gasteiger partial charge in [-0.3, -0.25) is 9.88 Å². The van der Waals surface area contributed by atoms with Crippen LogP contribution in [0, 0.1) is 0 Å². The molecule has 1 aromatic rings. The minimum Gasteiger partial charge on any atom is -0.368 e. The molecule has 1 N–H and O–H groups in total. The van der Waals surface area contributed by atoms with Gasteiger partial charge in [-0.2, -0.15) is 0 Å². The van der Waals surface area contributed by atoms with Gasteiger partial charge < -0.3 is 10.2 Å². The Labute approximate surface area is 116 Å². The number of nitrogens with one attached hydrogen (secondary N) is 1. The third kappa shape index (κ3) is 3.45. The van der Waals surface area contributed by atoms with Gasteiger partial charge in [0.25, 0.3) is 0 Å². The van der Waals surface area contributed by atoms with Gasteiger partial charge in [0.1, 0.15) is 0 Å². The van der Waals surface area contributed by atoms with Crippen molar-refractivity contribution in [3.05, 3.63) is 24.0 Å². The molecule has 1 saturated heterocycles. The lowest BCUT2D eigenvalue weighted by Gasteiger charge is -2.41. The van der Waals surface area contributed by atoms with E-state index in [9.17, 15) is 0 Å². The highest BCUT2D eigenvalue weighted by molar-refractivity contribution is 5.52. The standard InChI is InChI=1S/C15H26N4/c1-4-16-10-14-11-17-7-6-15(14)19-9-8-18(5-2)13(3)12-19/h6-7,11,13,16H,4-5,8-10,12H2,1-3H3. The van der Waals surface area contributed by atoms with E-state index >= 15 is 0 Å². The fraction of sp³-hybridized carbons (Fsp3) is 0.667. The molecule has 0 amide bonds. The lowest BCUT2D eigenvalue weighted by Crippen LogP contribution is -2.52. The molecule has 0 radical (unpaired) electrons. The maximum atomic E-state index is 4.27. The summed E-state index contributed by atoms with van der Waals surface area (Å²) in [5.41, 5.74) is 2.65. The van der Waals surface area contributed by atoms with Gasteiger partial charge in [-0.25, -0.2) is 0 Å². The minimum atomic E-state index is 0.624. The van der Waals surface area contributed by atoms with E-state index in [0.717, 1.165) is 39.3 Å². The van der Waals surface area contributed by atoms with Gasteiger partial charge in [0.2, 0.25) is 0 Å². The van der Waals surface area contributed by atoms with Crippen LogP contribution in [-0.4, -0.2) is 48.6 Å². The van der Waals surface area contributed by atoms with Crippen molar-refractivity contribution in [2.45, 2.75) is 33.4 Å². The van der Waals surface area contributed by atoms with E-state index in [-0.39, 0.29) is 0 Å². The van der Waals surface area contributed by atoms with E-state index in [2.05, 4.69) is 46.9 Å². The van der Waals surface area contributed by atoms with E-state index in [1.165, 1.54) is 11.3 Å². The van der Waals surface area contributed by atoms with Crippen molar-refractivity contribution in [1.82, 2.24) is 15.2 Å². The van der Waals surface area contributed by atoms with Crippen molar-refractivity contribution in [1.29, 1.82) is 0 Å². The summed E-state index contributed by atoms with van der Waals surface area (Å²) in [5.74, 6) is 0. The molecule has 4 nitrogen and oxygen atoms in total. The molecular weight excluding hydrogens is 236 g/mol. The predicted octanol–water partition coefficient (Wildman–Crippen LogP) is 1.72. The first-order valence-electron chi connectivity index (χ1n) is 7.38. The van der Waals surface area contributed by atoms with Gasteiger partial charge in [-0.05, 0) is 26.1 Å². The summed E-state index contributed by atoms with van der Waals surface area (Å²) in [5, 5.41) is 3.40. The van der Waals surface area contributed by atoms with Crippen LogP contribution in [0.3, 0.4) is 0 Å². The van der Waals surface area contributed by atoms with Crippen LogP contribution < -0.4 is 10.2 Å². The van der Waals surface area contributed by atoms with Gasteiger partial charge in [0.05, 0.1) is 0 Å². The van der Waals surface area contributed by atoms with Crippen LogP contribution >= 0.6 is 0 Å². The molecule has 0 spiro atoms. The number of rotatable bonds is 5. The smallest absolute Gasteiger partial charge is 0.0443 e. The SMILES string of the molecule is CCNCc1cnccc1N1CCN(CC)C(C)C1. The Balaban J connectivity index is 2.09. The van der Waals surface area contributed by atoms with Crippen LogP contribution in [0.2, 0.25) is 0 Å². The number of hydrogen-bond acceptors (Lipinski definition) is 4. The van der Waals surface area contributed by atoms with Crippen LogP contribution in [0.1, 0.15) is 26.3 Å². The molecule has 0 bridgehead atoms. The van der Waals surface area contributed by atoms with Crippen LogP contribution in [0.4, 0.5) is 5.69 Å². The molecule has 1 aliphatic heterocycles. The summed E-state index contributed by atoms with van der Waals surface area (Å²) >= 11 is 0. The number of piperazine rings is 1. The maximum Gasteiger partial charge on any atom is 0.0443 e. The van der Waals surface area contributed by atoms with Crippen molar-refractivity contribution in [3.63, 3.8) is 0 Å². The second-order valence-electron chi connectivity index (χ2n) is 5.21. The van der Waals surface area contributed by atoms with Crippen LogP contribution in [0.15, 0.2) is 18.5 Å². The fourth-order valence-electron chi connectivity index (χ4n) is 2.81. The van der Waals surface area contributed by atoms with Crippen molar-refractivity contribution < 1.29 is 0 Å². The van der Waals surface area contributed by atoms with Crippen molar-refractivity contribution >= 4 is 5.69 Å². The van der Waals surface area contributed by atoms with Gasteiger partial charge in [-0.1, -0.05) is 13.8 Å². The summed E-state index contributed by atoms with van der Waals surface area (Å²) in [6, 6.07) is 2.78. The third-order valence-corrected chi connectivity index (χ3v) is 3.96. The molecule has 1 fully saturated rings. The molecular formula is C15H26N4. The molecule has 1 unspecified atom stereocenters. The molecule has 19 heavy (non-hydrogen) atoms. The molecule has 1 aliphatic rings. The third-order valence-electron chi connectivity index (χ3n) is 3.96. The zero-order chi connectivity index (χ0) is 13.7. The molecule has 0 aromatic carbocycles. The summed E-state index contributed by atoms with van der Waals surface area (Å²) in [6.07, 6.45) is 3.90. The number of hydrogen-bond donors (Lipinski definition) is 1. The Morgan fingerprint density at radius 2 is 2.21 bits per heavy atom. The minimum absolute atomic E-state index is 0.624. The second-order valence-corrected chi connectivity index (χ2v) is 5.21. The van der Waals surface area contributed by atoms with E-state index in [0.29, 0.717) is 6.04 Å². The van der Waals surface area contributed by atoms with Crippen LogP contribution in [0.5, 0.6) is 0 Å². The average molecular weight is 262 g/mol. The Morgan fingerprint density at radius 3 is 2.89 bits per heavy atom. The van der Waals surface area contributed by atoms with Crippen molar-refractivity contribution in [2.75, 3.05) is 37.6 Å². The van der Waals surface area contributed by atoms with Gasteiger partial charge >= 0.3 is 0 Å². The first-order chi connectivity index (χ1) is 9.26. The van der Waals surface area contributed by atoms with Gasteiger partial charge in [0, 0.05) is 55.9 Å². The number of likely N-dealkylation sites (N-methyl/N-ethyl adjacent to an activating group) is 1. The normalized spacial score (nSPS) is 20.8. The number of pyridine rings is 1. The lowest BCUT2D eigenvalue weighted by atomic mass is 10.1. The summed E-state index contributed by atoms with van der Waals surface area (Å²) in [4.78, 5) is 9.31. The number of anilines is 1. The summed E-state index contributed by atoms with van der Waals surface area (Å²) in [7, 11) is 0. The van der Waals surface area contributed by atoms with E-state index in [1.807, 2.05) is 12.4 Å². The zero-order valence-corrected chi connectivity index (χ0v) is 12.4. The van der Waals surface area contributed by atoms with E-state index in [1.54, 1.807) is 0 Å². The highest BCUT2D eigenvalue weighted by atomic mass is 15.3. The number of nitrogens with zero attached hydrogens (tertiary/aromatic N) is 3. The average Bonchev–Trinajstić information content (AvgIpc) is 2.45. The summed E-state index contributed by atoms with van der Waals surface area (Å²) < 4.78 is 0. The molecule has 0 saturated carbocycles. The molecule has 4 heteroatoms. The fourth-order valence-corrected chi connectivity index (χ4v) is 2.81. The quantitative estimate of drug-likeness (QED) is 0.875. The molecule has 2 heterocycles. The molecule has 2 rings (SSSR count). The monoisotopic (exact) mass is 262 g/mol. The van der Waals surface area contributed by atoms with Crippen molar-refractivity contribution in [2.24, 2.45) is 0 Å². The predicted molar refractivity (Wildman–Crippen MR) is 80.5 cm³/mol. The molecule has 1 aromatic heterocycles. The summed E-state index contributed by atoms with van der Waals surface area (Å²) in [6.45, 7) is 13.1. The lowest BCUT2D eigenvalue weighted by molar-refractivity contribution is 0.199. The largest absolute Gasteiger partial charge is 0.368 e. The van der Waals surface area contributed by atoms with Gasteiger partial charge in [-0.15, -0.1) is 0 Å². The Bertz CT molecular complexity index is 393. The Kier molecular flexibility index (Phi) is 5.16. The maximum absolute atomic E-state index is 4.27. The topological polar surface area (TPSA) is 31.4 Å². The molecule has 0 aliphatic carbocycles. The Morgan fingerprint density at radius 1 is 1.37 bits per heavy atom. The first-order valence-corrected chi connectivity index (χ1v) is 7.38. The molecule has 1 atom stereocenters. The zero-order valence-electron chi connectivity index (χ0n) is 12.4. The van der Waals surface area contributed by atoms with Crippen LogP contribution in [-0.2, 0) is 6.54 Å². The van der Waals surface area contributed by atoms with Crippen molar-refractivity contribution in [3.8, 4) is 0 Å². The molecule has 106 valence electrons.